The van der Waals surface area contributed by atoms with Crippen molar-refractivity contribution in [2.24, 2.45) is 4.40 Å². The minimum Gasteiger partial charge on any atom is -0.494 e. The van der Waals surface area contributed by atoms with Crippen LogP contribution in [0.25, 0.3) is 0 Å². The minimum atomic E-state index is -3.47. The highest BCUT2D eigenvalue weighted by molar-refractivity contribution is 7.90. The molecule has 1 amide bonds. The average molecular weight is 419 g/mol. The third-order valence-electron chi connectivity index (χ3n) is 4.15. The van der Waals surface area contributed by atoms with E-state index in [1.165, 1.54) is 25.3 Å². The average Bonchev–Trinajstić information content (AvgIpc) is 2.68. The molecule has 0 aromatic heterocycles. The molecule has 0 aliphatic carbocycles. The van der Waals surface area contributed by atoms with Gasteiger partial charge in [0.25, 0.3) is 15.9 Å². The Labute approximate surface area is 168 Å². The fraction of sp³-hybridized carbons (Fsp3) is 0.316. The van der Waals surface area contributed by atoms with E-state index in [2.05, 4.69) is 9.71 Å². The highest BCUT2D eigenvalue weighted by Gasteiger charge is 2.27. The number of hydrogen-bond acceptors (Lipinski definition) is 7. The van der Waals surface area contributed by atoms with Gasteiger partial charge in [0, 0.05) is 18.4 Å². The molecule has 1 unspecified atom stereocenters. The van der Waals surface area contributed by atoms with Crippen LogP contribution in [0, 0.1) is 0 Å². The molecule has 1 N–H and O–H groups in total. The number of ether oxygens (including phenoxy) is 2. The number of carbonyl (C=O) groups is 2. The maximum absolute atomic E-state index is 12.4. The van der Waals surface area contributed by atoms with Gasteiger partial charge in [-0.3, -0.25) is 4.79 Å². The standard InChI is InChI=1S/C19H21N3O6S/c1-3-27-16-7-5-15(6-8-16)20-18(23)13(2)28-19(24)14-4-9-17-21-29(25,26)11-10-22(17)12-14/h4-9,12-13H,3,10-11H2,1-2H3,(H,20,23). The number of hydrogen-bond donors (Lipinski definition) is 1. The first kappa shape index (κ1) is 20.6. The molecule has 0 saturated heterocycles. The largest absolute Gasteiger partial charge is 0.494 e. The van der Waals surface area contributed by atoms with Crippen molar-refractivity contribution in [1.82, 2.24) is 4.90 Å². The summed E-state index contributed by atoms with van der Waals surface area (Å²) in [5.41, 5.74) is 0.748. The number of benzene rings is 1. The second-order valence-corrected chi connectivity index (χ2v) is 8.10. The first-order valence-electron chi connectivity index (χ1n) is 9.01. The summed E-state index contributed by atoms with van der Waals surface area (Å²) in [6.45, 7) is 4.08. The number of nitrogens with zero attached hydrogens (tertiary/aromatic N) is 2. The van der Waals surface area contributed by atoms with Crippen LogP contribution in [0.1, 0.15) is 13.8 Å². The van der Waals surface area contributed by atoms with E-state index in [9.17, 15) is 18.0 Å². The first-order valence-corrected chi connectivity index (χ1v) is 10.6. The normalized spacial score (nSPS) is 18.1. The molecular formula is C19H21N3O6S. The molecule has 3 rings (SSSR count). The highest BCUT2D eigenvalue weighted by Crippen LogP contribution is 2.18. The number of amides is 1. The maximum Gasteiger partial charge on any atom is 0.340 e. The van der Waals surface area contributed by atoms with Gasteiger partial charge in [0.2, 0.25) is 0 Å². The summed E-state index contributed by atoms with van der Waals surface area (Å²) in [5.74, 6) is -0.370. The van der Waals surface area contributed by atoms with E-state index in [0.717, 1.165) is 0 Å². The predicted molar refractivity (Wildman–Crippen MR) is 107 cm³/mol. The van der Waals surface area contributed by atoms with E-state index in [0.29, 0.717) is 18.0 Å². The fourth-order valence-corrected chi connectivity index (χ4v) is 3.62. The Morgan fingerprint density at radius 2 is 1.97 bits per heavy atom. The molecule has 2 heterocycles. The van der Waals surface area contributed by atoms with Gasteiger partial charge >= 0.3 is 5.97 Å². The van der Waals surface area contributed by atoms with Crippen molar-refractivity contribution in [3.63, 3.8) is 0 Å². The van der Waals surface area contributed by atoms with E-state index in [4.69, 9.17) is 9.47 Å². The lowest BCUT2D eigenvalue weighted by atomic mass is 10.2. The van der Waals surface area contributed by atoms with Gasteiger partial charge in [-0.2, -0.15) is 0 Å². The Morgan fingerprint density at radius 1 is 1.24 bits per heavy atom. The lowest BCUT2D eigenvalue weighted by Gasteiger charge is -2.27. The predicted octanol–water partition coefficient (Wildman–Crippen LogP) is 1.45. The summed E-state index contributed by atoms with van der Waals surface area (Å²) in [6, 6.07) is 6.83. The van der Waals surface area contributed by atoms with Crippen LogP contribution < -0.4 is 10.1 Å². The van der Waals surface area contributed by atoms with Gasteiger partial charge in [-0.15, -0.1) is 4.40 Å². The molecule has 1 aromatic carbocycles. The van der Waals surface area contributed by atoms with Crippen molar-refractivity contribution in [2.75, 3.05) is 24.2 Å². The zero-order valence-electron chi connectivity index (χ0n) is 16.0. The van der Waals surface area contributed by atoms with Gasteiger partial charge in [0.1, 0.15) is 11.6 Å². The zero-order valence-corrected chi connectivity index (χ0v) is 16.8. The van der Waals surface area contributed by atoms with Crippen LogP contribution in [0.5, 0.6) is 5.75 Å². The lowest BCUT2D eigenvalue weighted by molar-refractivity contribution is -0.149. The first-order chi connectivity index (χ1) is 13.8. The van der Waals surface area contributed by atoms with E-state index in [1.807, 2.05) is 6.92 Å². The SMILES string of the molecule is CCOc1ccc(NC(=O)C(C)OC(=O)C2=CN3CCS(=O)(=O)N=C3C=C2)cc1. The van der Waals surface area contributed by atoms with Crippen LogP contribution in [-0.4, -0.2) is 56.0 Å². The summed E-state index contributed by atoms with van der Waals surface area (Å²) in [7, 11) is -3.47. The molecule has 2 aliphatic heterocycles. The van der Waals surface area contributed by atoms with Crippen molar-refractivity contribution in [1.29, 1.82) is 0 Å². The Kier molecular flexibility index (Phi) is 6.02. The number of anilines is 1. The molecular weight excluding hydrogens is 398 g/mol. The van der Waals surface area contributed by atoms with Gasteiger partial charge in [0.15, 0.2) is 6.10 Å². The number of sulfonamides is 1. The molecule has 2 aliphatic rings. The van der Waals surface area contributed by atoms with Gasteiger partial charge in [0.05, 0.1) is 17.9 Å². The highest BCUT2D eigenvalue weighted by atomic mass is 32.2. The second kappa shape index (κ2) is 8.48. The molecule has 1 atom stereocenters. The fourth-order valence-electron chi connectivity index (χ4n) is 2.65. The minimum absolute atomic E-state index is 0.135. The molecule has 0 radical (unpaired) electrons. The summed E-state index contributed by atoms with van der Waals surface area (Å²) in [6.07, 6.45) is 3.28. The van der Waals surface area contributed by atoms with Crippen molar-refractivity contribution >= 4 is 33.4 Å². The number of amidine groups is 1. The van der Waals surface area contributed by atoms with Crippen LogP contribution in [0.15, 0.2) is 52.6 Å². The Hall–Kier alpha value is -3.14. The molecule has 0 saturated carbocycles. The molecule has 1 aromatic rings. The molecule has 9 nitrogen and oxygen atoms in total. The van der Waals surface area contributed by atoms with Crippen LogP contribution in [0.4, 0.5) is 5.69 Å². The van der Waals surface area contributed by atoms with Crippen LogP contribution in [-0.2, 0) is 24.3 Å². The van der Waals surface area contributed by atoms with E-state index in [-0.39, 0.29) is 23.7 Å². The van der Waals surface area contributed by atoms with Gasteiger partial charge < -0.3 is 19.7 Å². The van der Waals surface area contributed by atoms with E-state index < -0.39 is 28.0 Å². The Balaban J connectivity index is 1.58. The summed E-state index contributed by atoms with van der Waals surface area (Å²) >= 11 is 0. The molecule has 0 spiro atoms. The quantitative estimate of drug-likeness (QED) is 0.694. The van der Waals surface area contributed by atoms with Gasteiger partial charge in [-0.25, -0.2) is 13.2 Å². The van der Waals surface area contributed by atoms with Crippen molar-refractivity contribution in [2.45, 2.75) is 20.0 Å². The van der Waals surface area contributed by atoms with Crippen LogP contribution >= 0.6 is 0 Å². The third kappa shape index (κ3) is 5.23. The van der Waals surface area contributed by atoms with E-state index >= 15 is 0 Å². The van der Waals surface area contributed by atoms with Crippen LogP contribution in [0.3, 0.4) is 0 Å². The molecule has 10 heteroatoms. The third-order valence-corrected chi connectivity index (χ3v) is 5.31. The topological polar surface area (TPSA) is 114 Å². The van der Waals surface area contributed by atoms with Crippen molar-refractivity contribution in [3.8, 4) is 5.75 Å². The van der Waals surface area contributed by atoms with Crippen LogP contribution in [0.2, 0.25) is 0 Å². The van der Waals surface area contributed by atoms with Crippen molar-refractivity contribution < 1.29 is 27.5 Å². The zero-order chi connectivity index (χ0) is 21.0. The monoisotopic (exact) mass is 419 g/mol. The summed E-state index contributed by atoms with van der Waals surface area (Å²) in [5, 5.41) is 2.67. The smallest absolute Gasteiger partial charge is 0.340 e. The van der Waals surface area contributed by atoms with Crippen molar-refractivity contribution in [3.05, 3.63) is 48.2 Å². The second-order valence-electron chi connectivity index (χ2n) is 6.34. The Morgan fingerprint density at radius 3 is 2.66 bits per heavy atom. The number of rotatable bonds is 6. The number of fused-ring (bicyclic) bond motifs is 1. The number of esters is 1. The summed E-state index contributed by atoms with van der Waals surface area (Å²) < 4.78 is 37.3. The van der Waals surface area contributed by atoms with Gasteiger partial charge in [-0.05, 0) is 50.3 Å². The molecule has 154 valence electrons. The number of nitrogens with one attached hydrogen (secondary N) is 1. The summed E-state index contributed by atoms with van der Waals surface area (Å²) in [4.78, 5) is 26.2. The molecule has 29 heavy (non-hydrogen) atoms. The maximum atomic E-state index is 12.4. The molecule has 0 bridgehead atoms. The van der Waals surface area contributed by atoms with E-state index in [1.54, 1.807) is 29.2 Å². The number of carbonyl (C=O) groups excluding carboxylic acids is 2. The van der Waals surface area contributed by atoms with Gasteiger partial charge in [-0.1, -0.05) is 0 Å². The Bertz CT molecular complexity index is 995. The molecule has 0 fully saturated rings. The lowest BCUT2D eigenvalue weighted by Crippen LogP contribution is -2.37.